The van der Waals surface area contributed by atoms with Gasteiger partial charge in [-0.3, -0.25) is 4.40 Å². The number of carboxylic acids is 1. The molecule has 0 aliphatic rings. The average molecular weight is 196 g/mol. The Balaban J connectivity index is 2.77. The van der Waals surface area contributed by atoms with Crippen molar-refractivity contribution in [3.8, 4) is 0 Å². The number of hydrogen-bond donors (Lipinski definition) is 1. The fraction of sp³-hybridized carbons (Fsp3) is 0.250. The Hall–Kier alpha value is -1.36. The van der Waals surface area contributed by atoms with Gasteiger partial charge >= 0.3 is 5.97 Å². The molecule has 0 atom stereocenters. The van der Waals surface area contributed by atoms with Gasteiger partial charge in [0.15, 0.2) is 0 Å². The van der Waals surface area contributed by atoms with Crippen LogP contribution in [0.15, 0.2) is 12.5 Å². The van der Waals surface area contributed by atoms with E-state index in [1.165, 1.54) is 17.7 Å². The highest BCUT2D eigenvalue weighted by atomic mass is 32.1. The lowest BCUT2D eigenvalue weighted by atomic mass is 10.3. The summed E-state index contributed by atoms with van der Waals surface area (Å²) in [7, 11) is 0. The van der Waals surface area contributed by atoms with Crippen molar-refractivity contribution in [1.29, 1.82) is 0 Å². The van der Waals surface area contributed by atoms with Gasteiger partial charge in [-0.15, -0.1) is 11.3 Å². The van der Waals surface area contributed by atoms with Crippen LogP contribution >= 0.6 is 11.3 Å². The van der Waals surface area contributed by atoms with E-state index in [0.717, 1.165) is 16.1 Å². The predicted octanol–water partition coefficient (Wildman–Crippen LogP) is 1.66. The topological polar surface area (TPSA) is 54.6 Å². The van der Waals surface area contributed by atoms with Gasteiger partial charge in [-0.05, 0) is 6.42 Å². The third-order valence-electron chi connectivity index (χ3n) is 1.86. The lowest BCUT2D eigenvalue weighted by Gasteiger charge is -1.94. The fourth-order valence-electron chi connectivity index (χ4n) is 1.30. The van der Waals surface area contributed by atoms with Crippen LogP contribution in [0.5, 0.6) is 0 Å². The second kappa shape index (κ2) is 2.85. The second-order valence-corrected chi connectivity index (χ2v) is 3.75. The van der Waals surface area contributed by atoms with Crippen LogP contribution in [-0.2, 0) is 6.42 Å². The van der Waals surface area contributed by atoms with Crippen LogP contribution in [-0.4, -0.2) is 20.5 Å². The van der Waals surface area contributed by atoms with Crippen LogP contribution in [0.2, 0.25) is 0 Å². The molecule has 68 valence electrons. The predicted molar refractivity (Wildman–Crippen MR) is 49.4 cm³/mol. The number of carboxylic acid groups (broad SMARTS) is 1. The van der Waals surface area contributed by atoms with Crippen LogP contribution in [0.1, 0.15) is 22.3 Å². The molecule has 2 aromatic rings. The lowest BCUT2D eigenvalue weighted by molar-refractivity contribution is 0.0688. The summed E-state index contributed by atoms with van der Waals surface area (Å²) in [4.78, 5) is 16.6. The van der Waals surface area contributed by atoms with Crippen LogP contribution < -0.4 is 0 Å². The molecule has 0 radical (unpaired) electrons. The number of aryl methyl sites for hydroxylation is 1. The Morgan fingerprint density at radius 3 is 3.15 bits per heavy atom. The van der Waals surface area contributed by atoms with Gasteiger partial charge in [0, 0.05) is 4.88 Å². The number of thiazole rings is 1. The number of rotatable bonds is 2. The summed E-state index contributed by atoms with van der Waals surface area (Å²) in [5.41, 5.74) is 0.347. The smallest absolute Gasteiger partial charge is 0.354 e. The van der Waals surface area contributed by atoms with Crippen molar-refractivity contribution in [2.24, 2.45) is 0 Å². The molecule has 0 aliphatic carbocycles. The maximum absolute atomic E-state index is 10.9. The molecule has 2 heterocycles. The summed E-state index contributed by atoms with van der Waals surface area (Å²) in [5.74, 6) is -0.888. The Bertz CT molecular complexity index is 458. The number of aromatic carboxylic acids is 1. The van der Waals surface area contributed by atoms with Gasteiger partial charge < -0.3 is 5.11 Å². The minimum Gasteiger partial charge on any atom is -0.477 e. The first-order valence-corrected chi connectivity index (χ1v) is 4.72. The van der Waals surface area contributed by atoms with Crippen molar-refractivity contribution >= 4 is 22.1 Å². The van der Waals surface area contributed by atoms with E-state index in [4.69, 9.17) is 5.11 Å². The van der Waals surface area contributed by atoms with Gasteiger partial charge in [-0.25, -0.2) is 9.78 Å². The highest BCUT2D eigenvalue weighted by Gasteiger charge is 2.16. The third kappa shape index (κ3) is 1.12. The molecule has 13 heavy (non-hydrogen) atoms. The number of carbonyl (C=O) groups is 1. The molecule has 0 saturated carbocycles. The molecule has 0 saturated heterocycles. The Kier molecular flexibility index (Phi) is 1.81. The van der Waals surface area contributed by atoms with Gasteiger partial charge in [0.2, 0.25) is 0 Å². The van der Waals surface area contributed by atoms with Crippen LogP contribution in [0.4, 0.5) is 0 Å². The fourth-order valence-corrected chi connectivity index (χ4v) is 2.33. The molecule has 2 rings (SSSR count). The zero-order valence-corrected chi connectivity index (χ0v) is 7.84. The van der Waals surface area contributed by atoms with Crippen LogP contribution in [0.25, 0.3) is 4.83 Å². The van der Waals surface area contributed by atoms with E-state index in [0.29, 0.717) is 5.69 Å². The maximum atomic E-state index is 10.9. The molecule has 0 unspecified atom stereocenters. The lowest BCUT2D eigenvalue weighted by Crippen LogP contribution is -2.03. The van der Waals surface area contributed by atoms with E-state index in [-0.39, 0.29) is 0 Å². The Morgan fingerprint density at radius 2 is 2.54 bits per heavy atom. The molecule has 0 fully saturated rings. The van der Waals surface area contributed by atoms with E-state index in [1.807, 2.05) is 6.92 Å². The van der Waals surface area contributed by atoms with Gasteiger partial charge in [0.1, 0.15) is 16.9 Å². The zero-order valence-electron chi connectivity index (χ0n) is 7.02. The van der Waals surface area contributed by atoms with Crippen molar-refractivity contribution in [2.45, 2.75) is 13.3 Å². The molecule has 0 aromatic carbocycles. The van der Waals surface area contributed by atoms with Crippen molar-refractivity contribution in [2.75, 3.05) is 0 Å². The second-order valence-electron chi connectivity index (χ2n) is 2.63. The summed E-state index contributed by atoms with van der Waals surface area (Å²) >= 11 is 1.48. The van der Waals surface area contributed by atoms with E-state index < -0.39 is 5.97 Å². The van der Waals surface area contributed by atoms with Crippen molar-refractivity contribution in [1.82, 2.24) is 9.38 Å². The number of fused-ring (bicyclic) bond motifs is 1. The normalized spacial score (nSPS) is 10.8. The van der Waals surface area contributed by atoms with E-state index in [9.17, 15) is 4.79 Å². The van der Waals surface area contributed by atoms with Crippen LogP contribution in [0.3, 0.4) is 0 Å². The van der Waals surface area contributed by atoms with Gasteiger partial charge in [-0.2, -0.15) is 0 Å². The molecule has 1 N–H and O–H groups in total. The summed E-state index contributed by atoms with van der Waals surface area (Å²) in [6.07, 6.45) is 3.96. The van der Waals surface area contributed by atoms with Crippen molar-refractivity contribution < 1.29 is 9.90 Å². The van der Waals surface area contributed by atoms with Crippen molar-refractivity contribution in [3.63, 3.8) is 0 Å². The summed E-state index contributed by atoms with van der Waals surface area (Å²) in [6, 6.07) is 0. The monoisotopic (exact) mass is 196 g/mol. The summed E-state index contributed by atoms with van der Waals surface area (Å²) in [6.45, 7) is 1.95. The zero-order chi connectivity index (χ0) is 9.42. The highest BCUT2D eigenvalue weighted by molar-refractivity contribution is 7.17. The highest BCUT2D eigenvalue weighted by Crippen LogP contribution is 2.23. The quantitative estimate of drug-likeness (QED) is 0.794. The van der Waals surface area contributed by atoms with Crippen LogP contribution in [0, 0.1) is 0 Å². The summed E-state index contributed by atoms with van der Waals surface area (Å²) < 4.78 is 1.62. The number of nitrogens with zero attached hydrogens (tertiary/aromatic N) is 2. The number of imidazole rings is 1. The maximum Gasteiger partial charge on any atom is 0.354 e. The van der Waals surface area contributed by atoms with E-state index >= 15 is 0 Å². The minimum atomic E-state index is -0.888. The minimum absolute atomic E-state index is 0.347. The molecule has 0 aliphatic heterocycles. The van der Waals surface area contributed by atoms with Gasteiger partial charge in [-0.1, -0.05) is 6.92 Å². The first kappa shape index (κ1) is 8.25. The Morgan fingerprint density at radius 1 is 1.77 bits per heavy atom. The van der Waals surface area contributed by atoms with Crippen molar-refractivity contribution in [3.05, 3.63) is 23.1 Å². The SMILES string of the molecule is CCc1sc2cncn2c1C(=O)O. The molecule has 0 bridgehead atoms. The average Bonchev–Trinajstić information content (AvgIpc) is 2.59. The van der Waals surface area contributed by atoms with Gasteiger partial charge in [0.05, 0.1) is 6.20 Å². The first-order valence-electron chi connectivity index (χ1n) is 3.91. The number of hydrogen-bond acceptors (Lipinski definition) is 3. The molecule has 0 spiro atoms. The molecular formula is C8H8N2O2S. The number of aromatic nitrogens is 2. The first-order chi connectivity index (χ1) is 6.24. The van der Waals surface area contributed by atoms with E-state index in [2.05, 4.69) is 4.98 Å². The molecule has 0 amide bonds. The largest absolute Gasteiger partial charge is 0.477 e. The summed E-state index contributed by atoms with van der Waals surface area (Å²) in [5, 5.41) is 8.96. The Labute approximate surface area is 78.5 Å². The molecule has 5 heteroatoms. The molecule has 4 nitrogen and oxygen atoms in total. The molecule has 2 aromatic heterocycles. The van der Waals surface area contributed by atoms with Gasteiger partial charge in [0.25, 0.3) is 0 Å². The van der Waals surface area contributed by atoms with E-state index in [1.54, 1.807) is 10.6 Å². The standard InChI is InChI=1S/C8H8N2O2S/c1-2-5-7(8(11)12)10-4-9-3-6(10)13-5/h3-4H,2H2,1H3,(H,11,12). The molecular weight excluding hydrogens is 188 g/mol. The third-order valence-corrected chi connectivity index (χ3v) is 3.10.